The quantitative estimate of drug-likeness (QED) is 0.580. The zero-order chi connectivity index (χ0) is 15.6. The molecule has 0 saturated carbocycles. The number of rotatable bonds is 3. The molecule has 0 aliphatic rings. The molecule has 1 nitrogen and oxygen atoms in total. The summed E-state index contributed by atoms with van der Waals surface area (Å²) in [6.45, 7) is 0. The van der Waals surface area contributed by atoms with Crippen molar-refractivity contribution in [2.24, 2.45) is 0 Å². The highest BCUT2D eigenvalue weighted by Gasteiger charge is 2.30. The number of carbonyl (C=O) groups is 1. The SMILES string of the molecule is O=C(Cc1ccc(Cl)cc1F)c1ccc(C(F)(F)F)cc1. The minimum atomic E-state index is -4.45. The van der Waals surface area contributed by atoms with E-state index in [2.05, 4.69) is 0 Å². The van der Waals surface area contributed by atoms with Gasteiger partial charge < -0.3 is 0 Å². The molecule has 21 heavy (non-hydrogen) atoms. The average molecular weight is 317 g/mol. The summed E-state index contributed by atoms with van der Waals surface area (Å²) in [7, 11) is 0. The predicted molar refractivity (Wildman–Crippen MR) is 70.9 cm³/mol. The highest BCUT2D eigenvalue weighted by atomic mass is 35.5. The molecule has 0 aliphatic heterocycles. The molecule has 0 radical (unpaired) electrons. The number of ketones is 1. The summed E-state index contributed by atoms with van der Waals surface area (Å²) in [4.78, 5) is 11.9. The Hall–Kier alpha value is -1.88. The van der Waals surface area contributed by atoms with Crippen molar-refractivity contribution in [1.82, 2.24) is 0 Å². The van der Waals surface area contributed by atoms with Gasteiger partial charge in [-0.2, -0.15) is 13.2 Å². The third-order valence-electron chi connectivity index (χ3n) is 2.90. The van der Waals surface area contributed by atoms with Crippen molar-refractivity contribution in [3.8, 4) is 0 Å². The molecule has 0 N–H and O–H groups in total. The normalized spacial score (nSPS) is 11.5. The third kappa shape index (κ3) is 3.82. The van der Waals surface area contributed by atoms with E-state index >= 15 is 0 Å². The first-order chi connectivity index (χ1) is 9.77. The van der Waals surface area contributed by atoms with Crippen LogP contribution in [0.2, 0.25) is 5.02 Å². The molecule has 0 unspecified atom stereocenters. The minimum absolute atomic E-state index is 0.0948. The number of carbonyl (C=O) groups excluding carboxylic acids is 1. The fraction of sp³-hybridized carbons (Fsp3) is 0.133. The van der Waals surface area contributed by atoms with Crippen LogP contribution in [0.25, 0.3) is 0 Å². The summed E-state index contributed by atoms with van der Waals surface area (Å²) in [5, 5.41) is 0.207. The van der Waals surface area contributed by atoms with Gasteiger partial charge in [0.05, 0.1) is 5.56 Å². The van der Waals surface area contributed by atoms with Crippen molar-refractivity contribution in [1.29, 1.82) is 0 Å². The van der Waals surface area contributed by atoms with E-state index in [1.807, 2.05) is 0 Å². The maximum atomic E-state index is 13.6. The van der Waals surface area contributed by atoms with Crippen molar-refractivity contribution in [2.45, 2.75) is 12.6 Å². The maximum absolute atomic E-state index is 13.6. The molecular formula is C15H9ClF4O. The third-order valence-corrected chi connectivity index (χ3v) is 3.14. The second-order valence-electron chi connectivity index (χ2n) is 4.41. The molecule has 0 heterocycles. The van der Waals surface area contributed by atoms with Gasteiger partial charge in [0.15, 0.2) is 5.78 Å². The zero-order valence-electron chi connectivity index (χ0n) is 10.5. The van der Waals surface area contributed by atoms with Crippen molar-refractivity contribution >= 4 is 17.4 Å². The Bertz CT molecular complexity index is 662. The van der Waals surface area contributed by atoms with E-state index in [0.717, 1.165) is 30.3 Å². The van der Waals surface area contributed by atoms with Crippen molar-refractivity contribution in [3.05, 3.63) is 70.0 Å². The molecule has 0 bridgehead atoms. The van der Waals surface area contributed by atoms with Crippen molar-refractivity contribution in [3.63, 3.8) is 0 Å². The highest BCUT2D eigenvalue weighted by Crippen LogP contribution is 2.29. The van der Waals surface area contributed by atoms with Crippen LogP contribution in [0.15, 0.2) is 42.5 Å². The number of halogens is 5. The van der Waals surface area contributed by atoms with Crippen LogP contribution in [0.1, 0.15) is 21.5 Å². The summed E-state index contributed by atoms with van der Waals surface area (Å²) < 4.78 is 50.8. The van der Waals surface area contributed by atoms with E-state index in [-0.39, 0.29) is 22.6 Å². The molecule has 0 spiro atoms. The molecule has 2 aromatic rings. The molecule has 2 aromatic carbocycles. The van der Waals surface area contributed by atoms with Crippen LogP contribution in [0.3, 0.4) is 0 Å². The van der Waals surface area contributed by atoms with Gasteiger partial charge >= 0.3 is 6.18 Å². The van der Waals surface area contributed by atoms with E-state index in [1.54, 1.807) is 0 Å². The molecule has 2 rings (SSSR count). The van der Waals surface area contributed by atoms with Crippen LogP contribution >= 0.6 is 11.6 Å². The monoisotopic (exact) mass is 316 g/mol. The zero-order valence-corrected chi connectivity index (χ0v) is 11.3. The van der Waals surface area contributed by atoms with Gasteiger partial charge in [0.1, 0.15) is 5.82 Å². The molecule has 0 aromatic heterocycles. The summed E-state index contributed by atoms with van der Waals surface area (Å²) in [5.41, 5.74) is -0.599. The van der Waals surface area contributed by atoms with Gasteiger partial charge in [0, 0.05) is 17.0 Å². The van der Waals surface area contributed by atoms with Gasteiger partial charge in [0.25, 0.3) is 0 Å². The van der Waals surface area contributed by atoms with Crippen molar-refractivity contribution < 1.29 is 22.4 Å². The molecule has 0 atom stereocenters. The lowest BCUT2D eigenvalue weighted by Gasteiger charge is -2.07. The van der Waals surface area contributed by atoms with Gasteiger partial charge in [-0.1, -0.05) is 29.8 Å². The second kappa shape index (κ2) is 5.85. The summed E-state index contributed by atoms with van der Waals surface area (Å²) in [6, 6.07) is 7.71. The molecule has 6 heteroatoms. The smallest absolute Gasteiger partial charge is 0.294 e. The lowest BCUT2D eigenvalue weighted by Crippen LogP contribution is -2.08. The van der Waals surface area contributed by atoms with Crippen LogP contribution in [0.4, 0.5) is 17.6 Å². The van der Waals surface area contributed by atoms with E-state index in [9.17, 15) is 22.4 Å². The first-order valence-electron chi connectivity index (χ1n) is 5.92. The lowest BCUT2D eigenvalue weighted by atomic mass is 10.0. The van der Waals surface area contributed by atoms with Gasteiger partial charge in [-0.3, -0.25) is 4.79 Å². The predicted octanol–water partition coefficient (Wildman–Crippen LogP) is 4.92. The largest absolute Gasteiger partial charge is 0.416 e. The standard InChI is InChI=1S/C15H9ClF4O/c16-12-6-3-10(13(17)8-12)7-14(21)9-1-4-11(5-2-9)15(18,19)20/h1-6,8H,7H2. The highest BCUT2D eigenvalue weighted by molar-refractivity contribution is 6.30. The van der Waals surface area contributed by atoms with E-state index < -0.39 is 23.3 Å². The number of Topliss-reactive ketones (excluding diaryl/α,β-unsaturated/α-hetero) is 1. The number of hydrogen-bond acceptors (Lipinski definition) is 1. The van der Waals surface area contributed by atoms with Gasteiger partial charge in [0.2, 0.25) is 0 Å². The molecule has 0 saturated heterocycles. The Labute approximate surface area is 123 Å². The van der Waals surface area contributed by atoms with Crippen LogP contribution in [-0.4, -0.2) is 5.78 Å². The Morgan fingerprint density at radius 3 is 2.19 bits per heavy atom. The number of benzene rings is 2. The van der Waals surface area contributed by atoms with E-state index in [1.165, 1.54) is 12.1 Å². The molecular weight excluding hydrogens is 308 g/mol. The Kier molecular flexibility index (Phi) is 4.32. The van der Waals surface area contributed by atoms with Crippen LogP contribution in [0, 0.1) is 5.82 Å². The Balaban J connectivity index is 2.17. The lowest BCUT2D eigenvalue weighted by molar-refractivity contribution is -0.137. The van der Waals surface area contributed by atoms with Crippen LogP contribution in [0.5, 0.6) is 0 Å². The number of alkyl halides is 3. The van der Waals surface area contributed by atoms with Crippen LogP contribution in [-0.2, 0) is 12.6 Å². The van der Waals surface area contributed by atoms with Crippen LogP contribution < -0.4 is 0 Å². The summed E-state index contributed by atoms with van der Waals surface area (Å²) in [6.07, 6.45) is -4.70. The number of hydrogen-bond donors (Lipinski definition) is 0. The van der Waals surface area contributed by atoms with E-state index in [4.69, 9.17) is 11.6 Å². The van der Waals surface area contributed by atoms with Crippen molar-refractivity contribution in [2.75, 3.05) is 0 Å². The molecule has 0 fully saturated rings. The summed E-state index contributed by atoms with van der Waals surface area (Å²) >= 11 is 5.60. The average Bonchev–Trinajstić information content (AvgIpc) is 2.41. The molecule has 0 amide bonds. The van der Waals surface area contributed by atoms with Gasteiger partial charge in [-0.25, -0.2) is 4.39 Å². The second-order valence-corrected chi connectivity index (χ2v) is 4.85. The molecule has 110 valence electrons. The Morgan fingerprint density at radius 1 is 1.05 bits per heavy atom. The first-order valence-corrected chi connectivity index (χ1v) is 6.29. The fourth-order valence-electron chi connectivity index (χ4n) is 1.79. The maximum Gasteiger partial charge on any atom is 0.416 e. The molecule has 0 aliphatic carbocycles. The van der Waals surface area contributed by atoms with Gasteiger partial charge in [-0.15, -0.1) is 0 Å². The topological polar surface area (TPSA) is 17.1 Å². The van der Waals surface area contributed by atoms with Gasteiger partial charge in [-0.05, 0) is 29.8 Å². The fourth-order valence-corrected chi connectivity index (χ4v) is 1.94. The minimum Gasteiger partial charge on any atom is -0.294 e. The Morgan fingerprint density at radius 2 is 1.67 bits per heavy atom. The summed E-state index contributed by atoms with van der Waals surface area (Å²) in [5.74, 6) is -1.09. The van der Waals surface area contributed by atoms with E-state index in [0.29, 0.717) is 0 Å². The first kappa shape index (κ1) is 15.5.